The van der Waals surface area contributed by atoms with E-state index in [4.69, 9.17) is 9.47 Å². The number of fused-ring (bicyclic) bond motifs is 1. The van der Waals surface area contributed by atoms with Crippen LogP contribution in [-0.4, -0.2) is 50.1 Å². The van der Waals surface area contributed by atoms with Crippen molar-refractivity contribution >= 4 is 29.9 Å². The molecule has 0 aliphatic carbocycles. The average molecular weight is 404 g/mol. The number of benzene rings is 2. The van der Waals surface area contributed by atoms with E-state index in [2.05, 4.69) is 10.6 Å². The number of ether oxygens (including phenoxy) is 2. The average Bonchev–Trinajstić information content (AvgIpc) is 2.72. The molecule has 0 saturated carbocycles. The molecule has 2 heterocycles. The van der Waals surface area contributed by atoms with E-state index in [0.717, 1.165) is 17.9 Å². The molecule has 28 heavy (non-hydrogen) atoms. The summed E-state index contributed by atoms with van der Waals surface area (Å²) in [6.07, 6.45) is 0. The monoisotopic (exact) mass is 403 g/mol. The fourth-order valence-electron chi connectivity index (χ4n) is 3.54. The molecule has 7 nitrogen and oxygen atoms in total. The molecule has 2 aliphatic rings. The summed E-state index contributed by atoms with van der Waals surface area (Å²) in [4.78, 5) is 26.5. The molecule has 1 atom stereocenters. The van der Waals surface area contributed by atoms with Crippen LogP contribution < -0.4 is 20.1 Å². The number of anilines is 1. The largest absolute Gasteiger partial charge is 0.496 e. The second-order valence-electron chi connectivity index (χ2n) is 6.51. The quantitative estimate of drug-likeness (QED) is 0.821. The molecular formula is C20H22ClN3O4. The highest BCUT2D eigenvalue weighted by molar-refractivity contribution is 5.99. The lowest BCUT2D eigenvalue weighted by Gasteiger charge is -2.37. The summed E-state index contributed by atoms with van der Waals surface area (Å²) in [5, 5.41) is 6.09. The zero-order valence-corrected chi connectivity index (χ0v) is 16.3. The number of rotatable bonds is 3. The van der Waals surface area contributed by atoms with Crippen molar-refractivity contribution in [2.24, 2.45) is 0 Å². The van der Waals surface area contributed by atoms with Crippen molar-refractivity contribution in [3.8, 4) is 11.5 Å². The molecule has 2 amide bonds. The zero-order chi connectivity index (χ0) is 18.8. The zero-order valence-electron chi connectivity index (χ0n) is 15.4. The van der Waals surface area contributed by atoms with Gasteiger partial charge in [-0.05, 0) is 24.3 Å². The van der Waals surface area contributed by atoms with Crippen LogP contribution in [0.4, 0.5) is 5.69 Å². The van der Waals surface area contributed by atoms with Gasteiger partial charge in [-0.3, -0.25) is 9.59 Å². The van der Waals surface area contributed by atoms with Gasteiger partial charge in [0.1, 0.15) is 11.5 Å². The highest BCUT2D eigenvalue weighted by Crippen LogP contribution is 2.33. The molecule has 1 fully saturated rings. The molecule has 2 aromatic carbocycles. The molecule has 1 saturated heterocycles. The molecule has 0 bridgehead atoms. The molecule has 0 aromatic heterocycles. The summed E-state index contributed by atoms with van der Waals surface area (Å²) in [6.45, 7) is 1.94. The summed E-state index contributed by atoms with van der Waals surface area (Å²) in [5.41, 5.74) is 2.10. The van der Waals surface area contributed by atoms with Crippen LogP contribution in [0.1, 0.15) is 22.0 Å². The van der Waals surface area contributed by atoms with Crippen LogP contribution in [0.2, 0.25) is 0 Å². The number of carbonyl (C=O) groups excluding carboxylic acids is 2. The first-order valence-electron chi connectivity index (χ1n) is 8.88. The van der Waals surface area contributed by atoms with E-state index < -0.39 is 0 Å². The van der Waals surface area contributed by atoms with Gasteiger partial charge in [-0.1, -0.05) is 18.2 Å². The molecule has 0 radical (unpaired) electrons. The topological polar surface area (TPSA) is 79.9 Å². The van der Waals surface area contributed by atoms with Crippen LogP contribution in [0.5, 0.6) is 11.5 Å². The van der Waals surface area contributed by atoms with Crippen molar-refractivity contribution < 1.29 is 19.1 Å². The number of para-hydroxylation sites is 1. The Morgan fingerprint density at radius 1 is 1.25 bits per heavy atom. The normalized spacial score (nSPS) is 18.2. The van der Waals surface area contributed by atoms with Crippen molar-refractivity contribution in [1.29, 1.82) is 0 Å². The van der Waals surface area contributed by atoms with Gasteiger partial charge >= 0.3 is 0 Å². The summed E-state index contributed by atoms with van der Waals surface area (Å²) in [5.74, 6) is 1.01. The fraction of sp³-hybridized carbons (Fsp3) is 0.300. The molecule has 2 aliphatic heterocycles. The van der Waals surface area contributed by atoms with Crippen LogP contribution in [0.15, 0.2) is 42.5 Å². The van der Waals surface area contributed by atoms with Crippen molar-refractivity contribution in [2.45, 2.75) is 6.04 Å². The van der Waals surface area contributed by atoms with Crippen LogP contribution in [0.25, 0.3) is 0 Å². The van der Waals surface area contributed by atoms with Crippen molar-refractivity contribution in [1.82, 2.24) is 10.2 Å². The van der Waals surface area contributed by atoms with Crippen LogP contribution in [-0.2, 0) is 4.79 Å². The predicted molar refractivity (Wildman–Crippen MR) is 107 cm³/mol. The Morgan fingerprint density at radius 2 is 2.07 bits per heavy atom. The van der Waals surface area contributed by atoms with Crippen molar-refractivity contribution in [3.05, 3.63) is 53.6 Å². The highest BCUT2D eigenvalue weighted by atomic mass is 35.5. The van der Waals surface area contributed by atoms with Crippen molar-refractivity contribution in [3.63, 3.8) is 0 Å². The first kappa shape index (κ1) is 20.0. The smallest absolute Gasteiger partial charge is 0.262 e. The third kappa shape index (κ3) is 3.76. The van der Waals surface area contributed by atoms with E-state index in [1.165, 1.54) is 0 Å². The number of amides is 2. The van der Waals surface area contributed by atoms with Crippen LogP contribution >= 0.6 is 12.4 Å². The molecule has 2 N–H and O–H groups in total. The van der Waals surface area contributed by atoms with Gasteiger partial charge in [0.05, 0.1) is 18.8 Å². The number of nitrogens with one attached hydrogen (secondary N) is 2. The molecule has 8 heteroatoms. The van der Waals surface area contributed by atoms with Gasteiger partial charge in [0.15, 0.2) is 6.61 Å². The van der Waals surface area contributed by atoms with Crippen molar-refractivity contribution in [2.75, 3.05) is 38.7 Å². The van der Waals surface area contributed by atoms with E-state index in [-0.39, 0.29) is 36.9 Å². The second-order valence-corrected chi connectivity index (χ2v) is 6.51. The SMILES string of the molecule is COc1ccccc1C1CNCCN1C(=O)c1ccc2c(c1)OCC(=O)N2.Cl. The highest BCUT2D eigenvalue weighted by Gasteiger charge is 2.31. The Hall–Kier alpha value is -2.77. The van der Waals surface area contributed by atoms with Gasteiger partial charge in [-0.15, -0.1) is 12.4 Å². The van der Waals surface area contributed by atoms with Gasteiger partial charge in [0.25, 0.3) is 11.8 Å². The minimum absolute atomic E-state index is 0. The predicted octanol–water partition coefficient (Wildman–Crippen LogP) is 2.23. The van der Waals surface area contributed by atoms with Crippen LogP contribution in [0, 0.1) is 0 Å². The van der Waals surface area contributed by atoms with E-state index in [0.29, 0.717) is 30.1 Å². The van der Waals surface area contributed by atoms with E-state index in [1.54, 1.807) is 25.3 Å². The second kappa shape index (κ2) is 8.50. The van der Waals surface area contributed by atoms with Gasteiger partial charge < -0.3 is 25.0 Å². The lowest BCUT2D eigenvalue weighted by Crippen LogP contribution is -2.48. The Balaban J connectivity index is 0.00000225. The molecule has 0 spiro atoms. The number of methoxy groups -OCH3 is 1. The number of carbonyl (C=O) groups is 2. The van der Waals surface area contributed by atoms with Gasteiger partial charge in [0.2, 0.25) is 0 Å². The Kier molecular flexibility index (Phi) is 6.06. The Labute approximate surface area is 169 Å². The molecule has 4 rings (SSSR count). The molecule has 2 aromatic rings. The molecular weight excluding hydrogens is 382 g/mol. The summed E-state index contributed by atoms with van der Waals surface area (Å²) in [6, 6.07) is 12.8. The van der Waals surface area contributed by atoms with E-state index in [1.807, 2.05) is 29.2 Å². The number of halogens is 1. The summed E-state index contributed by atoms with van der Waals surface area (Å²) >= 11 is 0. The molecule has 148 valence electrons. The minimum atomic E-state index is -0.195. The maximum absolute atomic E-state index is 13.2. The standard InChI is InChI=1S/C20H21N3O4.ClH/c1-26-17-5-3-2-4-14(17)16-11-21-8-9-23(16)20(25)13-6-7-15-18(10-13)27-12-19(24)22-15;/h2-7,10,16,21H,8-9,11-12H2,1H3,(H,22,24);1H. The molecule has 1 unspecified atom stereocenters. The summed E-state index contributed by atoms with van der Waals surface area (Å²) in [7, 11) is 1.64. The third-order valence-corrected chi connectivity index (χ3v) is 4.86. The van der Waals surface area contributed by atoms with Gasteiger partial charge in [0, 0.05) is 30.8 Å². The first-order valence-corrected chi connectivity index (χ1v) is 8.88. The lowest BCUT2D eigenvalue weighted by atomic mass is 10.0. The van der Waals surface area contributed by atoms with E-state index in [9.17, 15) is 9.59 Å². The Morgan fingerprint density at radius 3 is 2.89 bits per heavy atom. The Bertz CT molecular complexity index is 890. The minimum Gasteiger partial charge on any atom is -0.496 e. The summed E-state index contributed by atoms with van der Waals surface area (Å²) < 4.78 is 10.9. The maximum Gasteiger partial charge on any atom is 0.262 e. The number of piperazine rings is 1. The van der Waals surface area contributed by atoms with Gasteiger partial charge in [-0.2, -0.15) is 0 Å². The third-order valence-electron chi connectivity index (χ3n) is 4.86. The lowest BCUT2D eigenvalue weighted by molar-refractivity contribution is -0.118. The van der Waals surface area contributed by atoms with E-state index >= 15 is 0 Å². The first-order chi connectivity index (χ1) is 13.2. The van der Waals surface area contributed by atoms with Gasteiger partial charge in [-0.25, -0.2) is 0 Å². The number of hydrogen-bond donors (Lipinski definition) is 2. The number of hydrogen-bond acceptors (Lipinski definition) is 5. The number of nitrogens with zero attached hydrogens (tertiary/aromatic N) is 1. The fourth-order valence-corrected chi connectivity index (χ4v) is 3.54. The maximum atomic E-state index is 13.2. The van der Waals surface area contributed by atoms with Crippen LogP contribution in [0.3, 0.4) is 0 Å².